The lowest BCUT2D eigenvalue weighted by Gasteiger charge is -2.28. The molecule has 18 rings (SSSR count). The van der Waals surface area contributed by atoms with Crippen molar-refractivity contribution in [2.45, 2.75) is 285 Å². The standard InChI is InChI=1S/C106H112N4O8/c1-5-9-13-17-21-25-29-33-43-55-107-99(111)69-53-51-67-83-71(65-47-39-37-40-48-65)59-77-89-82(106(118)110(101(77)113)58-46-36-32-28-24-20-16-12-8-4)64-76-88-74-62-80-86-70(100(112)108(104(80)116)56-44-34-30-26-22-18-14-10-6-2)54-52-68-84-72(66-49-41-38-42-50-66)60-78-90-81(105(117)109(102(78)114)57-45-35-31-27-23-19-15-11-7-3)63-75(96(98(84)90)94(74)92(68)86)87(88)73-61-79(103(107)115)85(69)91(67)93(73)95(76)97(83)89/h37-42,47-54,59-64H,5-36,43-46,55-58H2,1-4H3. The molecule has 12 heteroatoms. The molecule has 0 aliphatic carbocycles. The Labute approximate surface area is 687 Å². The number of unbranched alkanes of at least 4 members (excludes halogenated alkanes) is 32. The van der Waals surface area contributed by atoms with Gasteiger partial charge in [0, 0.05) is 102 Å². The number of fused-ring (bicyclic) bond motifs is 7. The number of benzene rings is 14. The molecule has 0 bridgehead atoms. The zero-order valence-corrected chi connectivity index (χ0v) is 69.9. The van der Waals surface area contributed by atoms with Gasteiger partial charge >= 0.3 is 0 Å². The summed E-state index contributed by atoms with van der Waals surface area (Å²) in [6.07, 6.45) is 38.2. The molecule has 0 fully saturated rings. The van der Waals surface area contributed by atoms with Crippen molar-refractivity contribution in [1.29, 1.82) is 0 Å². The molecular formula is C106H112N4O8. The third-order valence-corrected chi connectivity index (χ3v) is 27.7. The molecule has 0 aliphatic heterocycles. The van der Waals surface area contributed by atoms with Crippen molar-refractivity contribution in [3.63, 3.8) is 0 Å². The van der Waals surface area contributed by atoms with Gasteiger partial charge in [0.25, 0.3) is 44.5 Å². The molecule has 4 aromatic heterocycles. The molecule has 0 aliphatic rings. The van der Waals surface area contributed by atoms with Crippen LogP contribution in [0.2, 0.25) is 0 Å². The summed E-state index contributed by atoms with van der Waals surface area (Å²) in [5.41, 5.74) is 0.228. The van der Waals surface area contributed by atoms with E-state index < -0.39 is 22.2 Å². The lowest BCUT2D eigenvalue weighted by atomic mass is 9.75. The summed E-state index contributed by atoms with van der Waals surface area (Å²) in [6.45, 7) is 9.85. The van der Waals surface area contributed by atoms with Crippen LogP contribution in [-0.2, 0) is 26.2 Å². The van der Waals surface area contributed by atoms with Crippen LogP contribution in [0.1, 0.15) is 259 Å². The van der Waals surface area contributed by atoms with Crippen molar-refractivity contribution in [3.05, 3.63) is 204 Å². The summed E-state index contributed by atoms with van der Waals surface area (Å²) in [5, 5.41) is 18.3. The highest BCUT2D eigenvalue weighted by Gasteiger charge is 2.35. The topological polar surface area (TPSA) is 156 Å². The summed E-state index contributed by atoms with van der Waals surface area (Å²) in [7, 11) is 0. The molecular weight excluding hydrogens is 1460 g/mol. The average molecular weight is 1570 g/mol. The first kappa shape index (κ1) is 78.7. The van der Waals surface area contributed by atoms with E-state index in [9.17, 15) is 0 Å². The van der Waals surface area contributed by atoms with Crippen molar-refractivity contribution in [3.8, 4) is 22.3 Å². The van der Waals surface area contributed by atoms with Gasteiger partial charge in [-0.2, -0.15) is 0 Å². The maximum absolute atomic E-state index is 16.5. The van der Waals surface area contributed by atoms with Crippen LogP contribution in [0.4, 0.5) is 0 Å². The Morgan fingerprint density at radius 2 is 0.364 bits per heavy atom. The Morgan fingerprint density at radius 3 is 0.627 bits per heavy atom. The molecule has 0 saturated carbocycles. The van der Waals surface area contributed by atoms with Gasteiger partial charge in [-0.3, -0.25) is 56.6 Å². The van der Waals surface area contributed by atoms with Gasteiger partial charge in [0.2, 0.25) is 0 Å². The van der Waals surface area contributed by atoms with Gasteiger partial charge in [-0.25, -0.2) is 0 Å². The van der Waals surface area contributed by atoms with Crippen LogP contribution in [0, 0.1) is 0 Å². The summed E-state index contributed by atoms with van der Waals surface area (Å²) >= 11 is 0. The van der Waals surface area contributed by atoms with E-state index in [0.717, 1.165) is 168 Å². The fourth-order valence-electron chi connectivity index (χ4n) is 21.8. The Balaban J connectivity index is 1.000. The van der Waals surface area contributed by atoms with E-state index in [1.54, 1.807) is 0 Å². The second-order valence-electron chi connectivity index (χ2n) is 35.2. The predicted molar refractivity (Wildman–Crippen MR) is 500 cm³/mol. The van der Waals surface area contributed by atoms with Gasteiger partial charge < -0.3 is 0 Å². The van der Waals surface area contributed by atoms with Gasteiger partial charge in [0.1, 0.15) is 0 Å². The predicted octanol–water partition coefficient (Wildman–Crippen LogP) is 26.0. The van der Waals surface area contributed by atoms with Crippen molar-refractivity contribution in [2.75, 3.05) is 0 Å². The Kier molecular flexibility index (Phi) is 22.5. The van der Waals surface area contributed by atoms with Crippen LogP contribution in [0.25, 0.3) is 184 Å². The van der Waals surface area contributed by atoms with Crippen LogP contribution < -0.4 is 44.5 Å². The van der Waals surface area contributed by atoms with Gasteiger partial charge in [0.05, 0.1) is 0 Å². The van der Waals surface area contributed by atoms with Crippen LogP contribution in [0.5, 0.6) is 0 Å². The van der Waals surface area contributed by atoms with E-state index in [0.29, 0.717) is 144 Å². The largest absolute Gasteiger partial charge is 0.274 e. The number of aromatic nitrogens is 4. The zero-order chi connectivity index (χ0) is 81.0. The van der Waals surface area contributed by atoms with E-state index >= 15 is 38.4 Å². The molecule has 14 aromatic carbocycles. The van der Waals surface area contributed by atoms with Crippen molar-refractivity contribution >= 4 is 162 Å². The number of nitrogens with zero attached hydrogens (tertiary/aromatic N) is 4. The molecule has 0 spiro atoms. The summed E-state index contributed by atoms with van der Waals surface area (Å²) in [4.78, 5) is 129. The molecule has 604 valence electrons. The minimum atomic E-state index is -0.396. The first-order valence-corrected chi connectivity index (χ1v) is 45.9. The molecule has 0 amide bonds. The lowest BCUT2D eigenvalue weighted by molar-refractivity contribution is 0.530. The maximum atomic E-state index is 16.5. The fourth-order valence-corrected chi connectivity index (χ4v) is 21.8. The molecule has 0 atom stereocenters. The van der Waals surface area contributed by atoms with E-state index in [2.05, 4.69) is 52.0 Å². The van der Waals surface area contributed by atoms with Crippen molar-refractivity contribution < 1.29 is 0 Å². The molecule has 0 N–H and O–H groups in total. The first-order chi connectivity index (χ1) is 57.9. The quantitative estimate of drug-likeness (QED) is 0.0208. The molecule has 0 unspecified atom stereocenters. The minimum absolute atomic E-state index is 0.225. The highest BCUT2D eigenvalue weighted by molar-refractivity contribution is 6.57. The molecule has 4 heterocycles. The maximum Gasteiger partial charge on any atom is 0.261 e. The number of hydrogen-bond acceptors (Lipinski definition) is 8. The van der Waals surface area contributed by atoms with Gasteiger partial charge in [0.15, 0.2) is 0 Å². The normalized spacial score (nSPS) is 12.7. The van der Waals surface area contributed by atoms with Crippen molar-refractivity contribution in [1.82, 2.24) is 18.3 Å². The van der Waals surface area contributed by atoms with Gasteiger partial charge in [-0.1, -0.05) is 306 Å². The Hall–Kier alpha value is -10.5. The van der Waals surface area contributed by atoms with Crippen LogP contribution in [-0.4, -0.2) is 18.3 Å². The minimum Gasteiger partial charge on any atom is -0.274 e. The van der Waals surface area contributed by atoms with E-state index in [-0.39, 0.29) is 48.4 Å². The molecule has 12 nitrogen and oxygen atoms in total. The average Bonchev–Trinajstić information content (AvgIpc) is 0.648. The monoisotopic (exact) mass is 1570 g/mol. The van der Waals surface area contributed by atoms with Gasteiger partial charge in [-0.15, -0.1) is 0 Å². The molecule has 0 radical (unpaired) electrons. The summed E-state index contributed by atoms with van der Waals surface area (Å²) in [5.74, 6) is 0. The highest BCUT2D eigenvalue weighted by atomic mass is 16.2. The first-order valence-electron chi connectivity index (χ1n) is 45.9. The fraction of sp³-hybridized carbons (Fsp3) is 0.415. The summed E-state index contributed by atoms with van der Waals surface area (Å²) in [6, 6.07) is 40.1. The SMILES string of the molecule is CCCCCCCCCCCn1c(=O)c2ccc3c4c(-c5ccccc5)cc5c(=O)n(CCCCCCCCCCC)c(=O)c6cc7c8c9cc%10c(=O)n(CCCCCCCCCCC)c(=O)c%11ccc%12c%13c(-c%14ccccc%14)cc%14c(=O)n(CCCCCCCCCCC)c(=O)c%15cc(c8c8cc(c1=O)c2c3c8c7c4c56)c(c9c%12c%11%10)c%13c%14%15. The Morgan fingerprint density at radius 1 is 0.169 bits per heavy atom. The third kappa shape index (κ3) is 13.2. The van der Waals surface area contributed by atoms with E-state index in [4.69, 9.17) is 0 Å². The zero-order valence-electron chi connectivity index (χ0n) is 69.9. The number of pyridine rings is 4. The van der Waals surface area contributed by atoms with Crippen LogP contribution >= 0.6 is 0 Å². The number of rotatable bonds is 42. The smallest absolute Gasteiger partial charge is 0.261 e. The molecule has 118 heavy (non-hydrogen) atoms. The second kappa shape index (κ2) is 33.7. The second-order valence-corrected chi connectivity index (χ2v) is 35.2. The molecule has 0 saturated heterocycles. The van der Waals surface area contributed by atoms with Crippen LogP contribution in [0.3, 0.4) is 0 Å². The van der Waals surface area contributed by atoms with E-state index in [1.807, 2.05) is 97.1 Å². The summed E-state index contributed by atoms with van der Waals surface area (Å²) < 4.78 is 5.88. The van der Waals surface area contributed by atoms with Crippen LogP contribution in [0.15, 0.2) is 160 Å². The van der Waals surface area contributed by atoms with Gasteiger partial charge in [-0.05, 0) is 183 Å². The Bertz CT molecular complexity index is 6830. The van der Waals surface area contributed by atoms with Crippen molar-refractivity contribution in [2.24, 2.45) is 0 Å². The lowest BCUT2D eigenvalue weighted by Crippen LogP contribution is -2.34. The number of hydrogen-bond donors (Lipinski definition) is 0. The van der Waals surface area contributed by atoms with E-state index in [1.165, 1.54) is 121 Å². The molecule has 18 aromatic rings. The third-order valence-electron chi connectivity index (χ3n) is 27.7. The highest BCUT2D eigenvalue weighted by Crippen LogP contribution is 2.59.